The Labute approximate surface area is 158 Å². The van der Waals surface area contributed by atoms with E-state index in [2.05, 4.69) is 10.1 Å². The van der Waals surface area contributed by atoms with E-state index in [1.54, 1.807) is 36.1 Å². The van der Waals surface area contributed by atoms with E-state index in [9.17, 15) is 19.2 Å². The number of carbonyl (C=O) groups excluding carboxylic acids is 4. The summed E-state index contributed by atoms with van der Waals surface area (Å²) in [6.45, 7) is 6.36. The Morgan fingerprint density at radius 3 is 2.00 bits per heavy atom. The number of anilines is 1. The van der Waals surface area contributed by atoms with E-state index in [0.717, 1.165) is 12.2 Å². The lowest BCUT2D eigenvalue weighted by Gasteiger charge is -2.18. The number of hydrogen-bond acceptors (Lipinski definition) is 6. The van der Waals surface area contributed by atoms with Gasteiger partial charge in [-0.1, -0.05) is 0 Å². The fourth-order valence-electron chi connectivity index (χ4n) is 2.10. The van der Waals surface area contributed by atoms with Crippen LogP contribution in [0.5, 0.6) is 0 Å². The van der Waals surface area contributed by atoms with Crippen LogP contribution in [0.1, 0.15) is 31.1 Å². The van der Waals surface area contributed by atoms with Gasteiger partial charge in [0.05, 0.1) is 6.61 Å². The minimum absolute atomic E-state index is 0.0832. The van der Waals surface area contributed by atoms with Crippen LogP contribution in [0.3, 0.4) is 0 Å². The number of ether oxygens (including phenoxy) is 2. The van der Waals surface area contributed by atoms with Crippen molar-refractivity contribution < 1.29 is 28.7 Å². The number of nitrogens with zero attached hydrogens (tertiary/aromatic N) is 1. The molecule has 1 aromatic rings. The second-order valence-electron chi connectivity index (χ2n) is 5.30. The molecule has 27 heavy (non-hydrogen) atoms. The maximum absolute atomic E-state index is 12.2. The maximum Gasteiger partial charge on any atom is 0.331 e. The Morgan fingerprint density at radius 1 is 0.926 bits per heavy atom. The maximum atomic E-state index is 12.2. The molecule has 0 fully saturated rings. The number of hydrogen-bond donors (Lipinski definition) is 1. The van der Waals surface area contributed by atoms with Crippen molar-refractivity contribution >= 4 is 29.4 Å². The molecule has 0 bridgehead atoms. The fraction of sp³-hybridized carbons (Fsp3) is 0.368. The first-order chi connectivity index (χ1) is 12.9. The molecule has 0 atom stereocenters. The Balaban J connectivity index is 2.50. The van der Waals surface area contributed by atoms with E-state index in [1.807, 2.05) is 13.8 Å². The molecular formula is C19H24N2O6. The van der Waals surface area contributed by atoms with E-state index in [0.29, 0.717) is 24.3 Å². The molecule has 0 saturated carbocycles. The molecule has 0 radical (unpaired) electrons. The average molecular weight is 376 g/mol. The molecule has 0 heterocycles. The first-order valence-corrected chi connectivity index (χ1v) is 8.62. The summed E-state index contributed by atoms with van der Waals surface area (Å²) in [7, 11) is 0. The summed E-state index contributed by atoms with van der Waals surface area (Å²) in [6.07, 6.45) is 1.81. The summed E-state index contributed by atoms with van der Waals surface area (Å²) in [4.78, 5) is 48.2. The second-order valence-corrected chi connectivity index (χ2v) is 5.30. The summed E-state index contributed by atoms with van der Waals surface area (Å²) < 4.78 is 9.33. The summed E-state index contributed by atoms with van der Waals surface area (Å²) in [5, 5.41) is 2.55. The molecule has 0 aliphatic rings. The van der Waals surface area contributed by atoms with Crippen LogP contribution in [0.4, 0.5) is 5.69 Å². The third-order valence-corrected chi connectivity index (χ3v) is 3.45. The molecule has 0 aliphatic carbocycles. The van der Waals surface area contributed by atoms with Crippen LogP contribution in [0.25, 0.3) is 0 Å². The Morgan fingerprint density at radius 2 is 1.48 bits per heavy atom. The van der Waals surface area contributed by atoms with Gasteiger partial charge in [0.2, 0.25) is 0 Å². The number of carbonyl (C=O) groups is 4. The standard InChI is InChI=1S/C19H24N2O6/c1-4-21(5-2)19(25)14-7-9-15(10-8-14)20-16(22)13-27-18(24)12-11-17(23)26-6-3/h7-12H,4-6,13H2,1-3H3,(H,20,22)/b12-11+. The van der Waals surface area contributed by atoms with Gasteiger partial charge in [0, 0.05) is 36.5 Å². The Kier molecular flexibility index (Phi) is 9.28. The lowest BCUT2D eigenvalue weighted by molar-refractivity contribution is -0.143. The predicted molar refractivity (Wildman–Crippen MR) is 99.1 cm³/mol. The van der Waals surface area contributed by atoms with Gasteiger partial charge in [-0.05, 0) is 45.0 Å². The van der Waals surface area contributed by atoms with Crippen LogP contribution in [0.2, 0.25) is 0 Å². The van der Waals surface area contributed by atoms with Gasteiger partial charge in [0.15, 0.2) is 6.61 Å². The second kappa shape index (κ2) is 11.5. The first-order valence-electron chi connectivity index (χ1n) is 8.62. The number of rotatable bonds is 9. The topological polar surface area (TPSA) is 102 Å². The van der Waals surface area contributed by atoms with Gasteiger partial charge >= 0.3 is 11.9 Å². The number of esters is 2. The van der Waals surface area contributed by atoms with E-state index in [4.69, 9.17) is 4.74 Å². The number of amides is 2. The predicted octanol–water partition coefficient (Wildman–Crippen LogP) is 1.77. The summed E-state index contributed by atoms with van der Waals surface area (Å²) >= 11 is 0. The molecule has 8 nitrogen and oxygen atoms in total. The zero-order valence-corrected chi connectivity index (χ0v) is 15.7. The zero-order valence-electron chi connectivity index (χ0n) is 15.7. The van der Waals surface area contributed by atoms with Crippen molar-refractivity contribution in [1.29, 1.82) is 0 Å². The highest BCUT2D eigenvalue weighted by molar-refractivity contribution is 5.97. The minimum atomic E-state index is -0.835. The molecule has 146 valence electrons. The van der Waals surface area contributed by atoms with Gasteiger partial charge in [-0.3, -0.25) is 9.59 Å². The normalized spacial score (nSPS) is 10.3. The van der Waals surface area contributed by atoms with Crippen LogP contribution in [0, 0.1) is 0 Å². The van der Waals surface area contributed by atoms with Crippen molar-refractivity contribution in [3.05, 3.63) is 42.0 Å². The lowest BCUT2D eigenvalue weighted by Crippen LogP contribution is -2.30. The van der Waals surface area contributed by atoms with Gasteiger partial charge in [-0.25, -0.2) is 9.59 Å². The monoisotopic (exact) mass is 376 g/mol. The molecule has 0 saturated heterocycles. The number of nitrogens with one attached hydrogen (secondary N) is 1. The molecule has 0 unspecified atom stereocenters. The van der Waals surface area contributed by atoms with Crippen molar-refractivity contribution in [2.75, 3.05) is 31.6 Å². The fourth-order valence-corrected chi connectivity index (χ4v) is 2.10. The van der Waals surface area contributed by atoms with Crippen molar-refractivity contribution in [3.63, 3.8) is 0 Å². The molecule has 1 rings (SSSR count). The van der Waals surface area contributed by atoms with Crippen LogP contribution >= 0.6 is 0 Å². The molecule has 1 aromatic carbocycles. The van der Waals surface area contributed by atoms with Crippen LogP contribution < -0.4 is 5.32 Å². The van der Waals surface area contributed by atoms with E-state index in [1.165, 1.54) is 0 Å². The number of benzene rings is 1. The lowest BCUT2D eigenvalue weighted by atomic mass is 10.2. The van der Waals surface area contributed by atoms with Gasteiger partial charge in [0.1, 0.15) is 0 Å². The molecule has 0 aliphatic heterocycles. The van der Waals surface area contributed by atoms with Crippen LogP contribution in [-0.2, 0) is 23.9 Å². The SMILES string of the molecule is CCOC(=O)/C=C/C(=O)OCC(=O)Nc1ccc(C(=O)N(CC)CC)cc1. The minimum Gasteiger partial charge on any atom is -0.463 e. The highest BCUT2D eigenvalue weighted by Crippen LogP contribution is 2.11. The van der Waals surface area contributed by atoms with E-state index in [-0.39, 0.29) is 12.5 Å². The van der Waals surface area contributed by atoms with E-state index < -0.39 is 24.5 Å². The van der Waals surface area contributed by atoms with Crippen molar-refractivity contribution in [2.45, 2.75) is 20.8 Å². The van der Waals surface area contributed by atoms with Gasteiger partial charge in [0.25, 0.3) is 11.8 Å². The third-order valence-electron chi connectivity index (χ3n) is 3.45. The Bertz CT molecular complexity index is 693. The molecule has 2 amide bonds. The highest BCUT2D eigenvalue weighted by Gasteiger charge is 2.12. The molecule has 0 aromatic heterocycles. The van der Waals surface area contributed by atoms with Crippen molar-refractivity contribution in [1.82, 2.24) is 4.90 Å². The van der Waals surface area contributed by atoms with Gasteiger partial charge in [-0.2, -0.15) is 0 Å². The summed E-state index contributed by atoms with van der Waals surface area (Å²) in [5.41, 5.74) is 0.987. The molecule has 1 N–H and O–H groups in total. The van der Waals surface area contributed by atoms with Gasteiger partial charge < -0.3 is 19.7 Å². The smallest absolute Gasteiger partial charge is 0.331 e. The molecule has 0 spiro atoms. The van der Waals surface area contributed by atoms with Crippen LogP contribution in [0.15, 0.2) is 36.4 Å². The van der Waals surface area contributed by atoms with E-state index >= 15 is 0 Å². The summed E-state index contributed by atoms with van der Waals surface area (Å²) in [6, 6.07) is 6.42. The third kappa shape index (κ3) is 7.72. The highest BCUT2D eigenvalue weighted by atomic mass is 16.5. The quantitative estimate of drug-likeness (QED) is 0.521. The molecule has 8 heteroatoms. The molecular weight excluding hydrogens is 352 g/mol. The van der Waals surface area contributed by atoms with Gasteiger partial charge in [-0.15, -0.1) is 0 Å². The summed E-state index contributed by atoms with van der Waals surface area (Å²) in [5.74, 6) is -2.13. The zero-order chi connectivity index (χ0) is 20.2. The van der Waals surface area contributed by atoms with Crippen molar-refractivity contribution in [2.24, 2.45) is 0 Å². The van der Waals surface area contributed by atoms with Crippen LogP contribution in [-0.4, -0.2) is 55.0 Å². The van der Waals surface area contributed by atoms with Crippen molar-refractivity contribution in [3.8, 4) is 0 Å². The largest absolute Gasteiger partial charge is 0.463 e. The first kappa shape index (κ1) is 21.9. The average Bonchev–Trinajstić information content (AvgIpc) is 2.66. The Hall–Kier alpha value is -3.16.